The molecule has 1 unspecified atom stereocenters. The molecule has 0 bridgehead atoms. The monoisotopic (exact) mass is 330 g/mol. The van der Waals surface area contributed by atoms with Gasteiger partial charge in [0.2, 0.25) is 5.91 Å². The van der Waals surface area contributed by atoms with Crippen molar-refractivity contribution in [2.45, 2.75) is 19.4 Å². The second-order valence-electron chi connectivity index (χ2n) is 3.92. The lowest BCUT2D eigenvalue weighted by atomic mass is 10.0. The number of benzene rings is 1. The Hall–Kier alpha value is -1.60. The summed E-state index contributed by atoms with van der Waals surface area (Å²) >= 11 is 3.31. The third kappa shape index (κ3) is 3.93. The average Bonchev–Trinajstić information content (AvgIpc) is 2.27. The molecule has 0 saturated heterocycles. The van der Waals surface area contributed by atoms with Gasteiger partial charge < -0.3 is 20.9 Å². The third-order valence-electron chi connectivity index (χ3n) is 2.44. The van der Waals surface area contributed by atoms with Gasteiger partial charge in [0.15, 0.2) is 0 Å². The van der Waals surface area contributed by atoms with E-state index in [1.807, 2.05) is 0 Å². The van der Waals surface area contributed by atoms with E-state index in [0.29, 0.717) is 21.5 Å². The van der Waals surface area contributed by atoms with E-state index in [4.69, 9.17) is 15.6 Å². The fourth-order valence-corrected chi connectivity index (χ4v) is 2.33. The van der Waals surface area contributed by atoms with Crippen LogP contribution >= 0.6 is 15.9 Å². The Balaban J connectivity index is 3.32. The van der Waals surface area contributed by atoms with Crippen LogP contribution < -0.4 is 15.8 Å². The maximum absolute atomic E-state index is 11.3. The number of rotatable bonds is 5. The summed E-state index contributed by atoms with van der Waals surface area (Å²) in [7, 11) is 1.46. The van der Waals surface area contributed by atoms with Gasteiger partial charge in [-0.15, -0.1) is 0 Å². The maximum atomic E-state index is 11.3. The van der Waals surface area contributed by atoms with Crippen molar-refractivity contribution >= 4 is 33.5 Å². The number of halogens is 1. The van der Waals surface area contributed by atoms with E-state index >= 15 is 0 Å². The van der Waals surface area contributed by atoms with Gasteiger partial charge >= 0.3 is 5.97 Å². The minimum atomic E-state index is -1.02. The summed E-state index contributed by atoms with van der Waals surface area (Å²) in [4.78, 5) is 22.0. The first-order valence-corrected chi connectivity index (χ1v) is 6.27. The number of nitrogens with one attached hydrogen (secondary N) is 1. The van der Waals surface area contributed by atoms with Gasteiger partial charge in [-0.25, -0.2) is 0 Å². The molecule has 1 atom stereocenters. The maximum Gasteiger partial charge on any atom is 0.305 e. The van der Waals surface area contributed by atoms with Gasteiger partial charge in [-0.1, -0.05) is 15.9 Å². The largest absolute Gasteiger partial charge is 0.495 e. The molecule has 0 aliphatic heterocycles. The lowest BCUT2D eigenvalue weighted by Gasteiger charge is -2.19. The first kappa shape index (κ1) is 15.5. The van der Waals surface area contributed by atoms with Crippen LogP contribution in [0.3, 0.4) is 0 Å². The molecular weight excluding hydrogens is 316 g/mol. The quantitative estimate of drug-likeness (QED) is 0.765. The van der Waals surface area contributed by atoms with Crippen molar-refractivity contribution in [2.24, 2.45) is 5.73 Å². The predicted molar refractivity (Wildman–Crippen MR) is 74.2 cm³/mol. The molecule has 104 valence electrons. The van der Waals surface area contributed by atoms with Gasteiger partial charge in [0, 0.05) is 23.0 Å². The van der Waals surface area contributed by atoms with Gasteiger partial charge in [-0.3, -0.25) is 9.59 Å². The van der Waals surface area contributed by atoms with E-state index in [1.165, 1.54) is 14.0 Å². The molecule has 0 spiro atoms. The Labute approximate surface area is 119 Å². The van der Waals surface area contributed by atoms with Crippen LogP contribution in [0.5, 0.6) is 5.75 Å². The van der Waals surface area contributed by atoms with Crippen molar-refractivity contribution in [3.05, 3.63) is 22.2 Å². The smallest absolute Gasteiger partial charge is 0.305 e. The zero-order valence-electron chi connectivity index (χ0n) is 10.6. The fourth-order valence-electron chi connectivity index (χ4n) is 1.70. The highest BCUT2D eigenvalue weighted by Gasteiger charge is 2.21. The van der Waals surface area contributed by atoms with E-state index < -0.39 is 12.0 Å². The second-order valence-corrected chi connectivity index (χ2v) is 4.78. The van der Waals surface area contributed by atoms with Crippen LogP contribution in [0.15, 0.2) is 16.6 Å². The number of carbonyl (C=O) groups excluding carboxylic acids is 1. The molecule has 0 heterocycles. The Kier molecular flexibility index (Phi) is 5.31. The summed E-state index contributed by atoms with van der Waals surface area (Å²) < 4.78 is 5.77. The summed E-state index contributed by atoms with van der Waals surface area (Å²) in [5.41, 5.74) is 6.76. The van der Waals surface area contributed by atoms with Crippen molar-refractivity contribution in [3.63, 3.8) is 0 Å². The third-order valence-corrected chi connectivity index (χ3v) is 3.13. The molecule has 0 saturated carbocycles. The van der Waals surface area contributed by atoms with E-state index in [9.17, 15) is 9.59 Å². The van der Waals surface area contributed by atoms with Gasteiger partial charge in [-0.2, -0.15) is 0 Å². The summed E-state index contributed by atoms with van der Waals surface area (Å²) in [5, 5.41) is 11.4. The number of carboxylic acids is 1. The van der Waals surface area contributed by atoms with Crippen LogP contribution in [0.4, 0.5) is 5.69 Å². The van der Waals surface area contributed by atoms with Crippen molar-refractivity contribution < 1.29 is 19.4 Å². The zero-order valence-corrected chi connectivity index (χ0v) is 12.2. The van der Waals surface area contributed by atoms with Crippen LogP contribution in [0.2, 0.25) is 0 Å². The van der Waals surface area contributed by atoms with Crippen LogP contribution in [-0.2, 0) is 9.59 Å². The SMILES string of the molecule is COc1ccc(Br)c(C(N)CC(=O)O)c1NC(C)=O. The molecule has 1 amide bonds. The van der Waals surface area contributed by atoms with Gasteiger partial charge in [0.25, 0.3) is 0 Å². The van der Waals surface area contributed by atoms with E-state index in [2.05, 4.69) is 21.2 Å². The highest BCUT2D eigenvalue weighted by molar-refractivity contribution is 9.10. The van der Waals surface area contributed by atoms with Crippen LogP contribution in [-0.4, -0.2) is 24.1 Å². The predicted octanol–water partition coefficient (Wildman–Crippen LogP) is 1.89. The average molecular weight is 331 g/mol. The second kappa shape index (κ2) is 6.53. The molecule has 0 fully saturated rings. The Bertz CT molecular complexity index is 505. The van der Waals surface area contributed by atoms with E-state index in [1.54, 1.807) is 12.1 Å². The molecule has 1 rings (SSSR count). The van der Waals surface area contributed by atoms with E-state index in [-0.39, 0.29) is 12.3 Å². The molecule has 1 aromatic carbocycles. The van der Waals surface area contributed by atoms with Crippen molar-refractivity contribution in [1.82, 2.24) is 0 Å². The van der Waals surface area contributed by atoms with Crippen molar-refractivity contribution in [2.75, 3.05) is 12.4 Å². The highest BCUT2D eigenvalue weighted by Crippen LogP contribution is 2.38. The Morgan fingerprint density at radius 1 is 1.53 bits per heavy atom. The topological polar surface area (TPSA) is 102 Å². The number of ether oxygens (including phenoxy) is 1. The number of carbonyl (C=O) groups is 2. The summed E-state index contributed by atoms with van der Waals surface area (Å²) in [6, 6.07) is 2.59. The molecule has 0 aliphatic rings. The number of amides is 1. The molecule has 0 aromatic heterocycles. The van der Waals surface area contributed by atoms with Crippen molar-refractivity contribution in [3.8, 4) is 5.75 Å². The lowest BCUT2D eigenvalue weighted by Crippen LogP contribution is -2.19. The van der Waals surface area contributed by atoms with Crippen molar-refractivity contribution in [1.29, 1.82) is 0 Å². The van der Waals surface area contributed by atoms with Crippen LogP contribution in [0.25, 0.3) is 0 Å². The number of carboxylic acid groups (broad SMARTS) is 1. The van der Waals surface area contributed by atoms with Gasteiger partial charge in [0.05, 0.1) is 19.2 Å². The standard InChI is InChI=1S/C12H15BrN2O4/c1-6(16)15-12-9(19-2)4-3-7(13)11(12)8(14)5-10(17)18/h3-4,8H,5,14H2,1-2H3,(H,15,16)(H,17,18). The number of hydrogen-bond acceptors (Lipinski definition) is 4. The molecule has 7 heteroatoms. The normalized spacial score (nSPS) is 11.8. The molecule has 6 nitrogen and oxygen atoms in total. The summed E-state index contributed by atoms with van der Waals surface area (Å²) in [6.45, 7) is 1.35. The number of anilines is 1. The Morgan fingerprint density at radius 2 is 2.16 bits per heavy atom. The first-order chi connectivity index (χ1) is 8.86. The number of nitrogens with two attached hydrogens (primary N) is 1. The molecule has 19 heavy (non-hydrogen) atoms. The van der Waals surface area contributed by atoms with Gasteiger partial charge in [0.1, 0.15) is 5.75 Å². The molecule has 4 N–H and O–H groups in total. The number of hydrogen-bond donors (Lipinski definition) is 3. The Morgan fingerprint density at radius 3 is 2.63 bits per heavy atom. The molecule has 0 aliphatic carbocycles. The first-order valence-electron chi connectivity index (χ1n) is 5.48. The summed E-state index contributed by atoms with van der Waals surface area (Å²) in [6.07, 6.45) is -0.252. The molecular formula is C12H15BrN2O4. The molecule has 1 aromatic rings. The van der Waals surface area contributed by atoms with Crippen LogP contribution in [0.1, 0.15) is 24.9 Å². The lowest BCUT2D eigenvalue weighted by molar-refractivity contribution is -0.137. The van der Waals surface area contributed by atoms with Gasteiger partial charge in [-0.05, 0) is 12.1 Å². The minimum Gasteiger partial charge on any atom is -0.495 e. The highest BCUT2D eigenvalue weighted by atomic mass is 79.9. The number of methoxy groups -OCH3 is 1. The molecule has 0 radical (unpaired) electrons. The fraction of sp³-hybridized carbons (Fsp3) is 0.333. The van der Waals surface area contributed by atoms with E-state index in [0.717, 1.165) is 0 Å². The minimum absolute atomic E-state index is 0.252. The van der Waals surface area contributed by atoms with Crippen LogP contribution in [0, 0.1) is 0 Å². The zero-order chi connectivity index (χ0) is 14.6. The summed E-state index contributed by atoms with van der Waals surface area (Å²) in [5.74, 6) is -0.884. The number of aliphatic carboxylic acids is 1.